The Hall–Kier alpha value is -2.29. The lowest BCUT2D eigenvalue weighted by Gasteiger charge is -2.08. The van der Waals surface area contributed by atoms with Gasteiger partial charge in [0.2, 0.25) is 5.95 Å². The average Bonchev–Trinajstić information content (AvgIpc) is 3.00. The van der Waals surface area contributed by atoms with E-state index in [0.29, 0.717) is 16.6 Å². The Morgan fingerprint density at radius 1 is 1.08 bits per heavy atom. The summed E-state index contributed by atoms with van der Waals surface area (Å²) in [6.45, 7) is 0.429. The molecule has 0 fully saturated rings. The molecule has 0 unspecified atom stereocenters. The molecule has 3 rings (SSSR count). The maximum Gasteiger partial charge on any atom is 0.248 e. The van der Waals surface area contributed by atoms with E-state index in [9.17, 15) is 8.78 Å². The van der Waals surface area contributed by atoms with Crippen LogP contribution >= 0.6 is 35.4 Å². The molecule has 0 saturated carbocycles. The van der Waals surface area contributed by atoms with Crippen LogP contribution in [0.1, 0.15) is 5.56 Å². The predicted octanol–water partition coefficient (Wildman–Crippen LogP) is 4.72. The van der Waals surface area contributed by atoms with Crippen LogP contribution in [-0.2, 0) is 6.54 Å². The molecule has 0 aliphatic carbocycles. The van der Waals surface area contributed by atoms with Gasteiger partial charge in [0.15, 0.2) is 5.11 Å². The molecule has 5 nitrogen and oxygen atoms in total. The third kappa shape index (κ3) is 4.66. The fourth-order valence-electron chi connectivity index (χ4n) is 2.10. The van der Waals surface area contributed by atoms with Gasteiger partial charge in [0, 0.05) is 6.07 Å². The van der Waals surface area contributed by atoms with Gasteiger partial charge in [-0.05, 0) is 42.0 Å². The molecule has 0 spiro atoms. The van der Waals surface area contributed by atoms with E-state index < -0.39 is 11.6 Å². The molecular formula is C16H11Cl2F2N5S. The number of aromatic nitrogens is 3. The van der Waals surface area contributed by atoms with Crippen molar-refractivity contribution in [3.8, 4) is 0 Å². The number of nitrogens with one attached hydrogen (secondary N) is 2. The number of anilines is 2. The van der Waals surface area contributed by atoms with Crippen LogP contribution in [0.2, 0.25) is 10.0 Å². The van der Waals surface area contributed by atoms with Crippen molar-refractivity contribution >= 4 is 52.2 Å². The molecule has 0 aliphatic heterocycles. The Labute approximate surface area is 162 Å². The molecular weight excluding hydrogens is 403 g/mol. The molecule has 2 N–H and O–H groups in total. The second kappa shape index (κ2) is 7.94. The fourth-order valence-corrected chi connectivity index (χ4v) is 2.62. The van der Waals surface area contributed by atoms with Gasteiger partial charge in [-0.25, -0.2) is 18.4 Å². The molecule has 10 heteroatoms. The van der Waals surface area contributed by atoms with Crippen molar-refractivity contribution in [2.75, 3.05) is 10.6 Å². The smallest absolute Gasteiger partial charge is 0.248 e. The van der Waals surface area contributed by atoms with Crippen molar-refractivity contribution < 1.29 is 8.78 Å². The highest BCUT2D eigenvalue weighted by Gasteiger charge is 2.08. The minimum absolute atomic E-state index is 0.0409. The van der Waals surface area contributed by atoms with Crippen molar-refractivity contribution in [2.24, 2.45) is 0 Å². The third-order valence-electron chi connectivity index (χ3n) is 3.27. The summed E-state index contributed by atoms with van der Waals surface area (Å²) in [7, 11) is 0. The Balaban J connectivity index is 1.62. The summed E-state index contributed by atoms with van der Waals surface area (Å²) >= 11 is 16.9. The zero-order valence-electron chi connectivity index (χ0n) is 13.0. The Morgan fingerprint density at radius 3 is 2.62 bits per heavy atom. The molecule has 2 aromatic carbocycles. The summed E-state index contributed by atoms with van der Waals surface area (Å²) in [5.74, 6) is -1.20. The molecule has 134 valence electrons. The van der Waals surface area contributed by atoms with Crippen molar-refractivity contribution in [2.45, 2.75) is 6.54 Å². The zero-order valence-corrected chi connectivity index (χ0v) is 15.3. The largest absolute Gasteiger partial charge is 0.330 e. The van der Waals surface area contributed by atoms with E-state index in [-0.39, 0.29) is 16.7 Å². The standard InChI is InChI=1S/C16H11Cl2F2N5S/c17-11-3-1-9(5-12(11)18)7-25-8-21-15(24-25)23-16(26)22-14-4-2-10(19)6-13(14)20/h1-6,8H,7H2,(H2,22,23,24,26). The summed E-state index contributed by atoms with van der Waals surface area (Å²) in [6, 6.07) is 8.39. The van der Waals surface area contributed by atoms with E-state index in [1.807, 2.05) is 6.07 Å². The van der Waals surface area contributed by atoms with Crippen molar-refractivity contribution in [3.05, 3.63) is 70.0 Å². The third-order valence-corrected chi connectivity index (χ3v) is 4.21. The van der Waals surface area contributed by atoms with Gasteiger partial charge in [0.05, 0.1) is 22.3 Å². The van der Waals surface area contributed by atoms with Crippen LogP contribution in [0.15, 0.2) is 42.7 Å². The van der Waals surface area contributed by atoms with Crippen molar-refractivity contribution in [3.63, 3.8) is 0 Å². The van der Waals surface area contributed by atoms with Gasteiger partial charge >= 0.3 is 0 Å². The van der Waals surface area contributed by atoms with E-state index in [0.717, 1.165) is 17.7 Å². The highest BCUT2D eigenvalue weighted by molar-refractivity contribution is 7.80. The molecule has 0 radical (unpaired) electrons. The lowest BCUT2D eigenvalue weighted by Crippen LogP contribution is -2.20. The van der Waals surface area contributed by atoms with Crippen LogP contribution in [0.5, 0.6) is 0 Å². The van der Waals surface area contributed by atoms with Gasteiger partial charge in [-0.1, -0.05) is 29.3 Å². The van der Waals surface area contributed by atoms with E-state index in [1.54, 1.807) is 16.8 Å². The van der Waals surface area contributed by atoms with Crippen LogP contribution in [0.3, 0.4) is 0 Å². The Bertz CT molecular complexity index is 964. The Morgan fingerprint density at radius 2 is 1.88 bits per heavy atom. The predicted molar refractivity (Wildman–Crippen MR) is 102 cm³/mol. The first kappa shape index (κ1) is 18.5. The minimum atomic E-state index is -0.757. The van der Waals surface area contributed by atoms with Crippen molar-refractivity contribution in [1.82, 2.24) is 14.8 Å². The van der Waals surface area contributed by atoms with Gasteiger partial charge in [0.25, 0.3) is 0 Å². The number of hydrogen-bond acceptors (Lipinski definition) is 3. The average molecular weight is 414 g/mol. The van der Waals surface area contributed by atoms with Crippen molar-refractivity contribution in [1.29, 1.82) is 0 Å². The molecule has 0 saturated heterocycles. The van der Waals surface area contributed by atoms with Crippen LogP contribution in [0, 0.1) is 11.6 Å². The summed E-state index contributed by atoms with van der Waals surface area (Å²) in [5.41, 5.74) is 0.934. The molecule has 0 atom stereocenters. The lowest BCUT2D eigenvalue weighted by molar-refractivity contribution is 0.586. The second-order valence-electron chi connectivity index (χ2n) is 5.22. The number of benzene rings is 2. The van der Waals surface area contributed by atoms with Gasteiger partial charge in [-0.3, -0.25) is 5.32 Å². The number of hydrogen-bond donors (Lipinski definition) is 2. The highest BCUT2D eigenvalue weighted by Crippen LogP contribution is 2.23. The molecule has 1 aromatic heterocycles. The van der Waals surface area contributed by atoms with Gasteiger partial charge < -0.3 is 5.32 Å². The van der Waals surface area contributed by atoms with E-state index >= 15 is 0 Å². The van der Waals surface area contributed by atoms with Crippen LogP contribution in [0.4, 0.5) is 20.4 Å². The van der Waals surface area contributed by atoms with E-state index in [4.69, 9.17) is 35.4 Å². The zero-order chi connectivity index (χ0) is 18.7. The number of rotatable bonds is 4. The lowest BCUT2D eigenvalue weighted by atomic mass is 10.2. The monoisotopic (exact) mass is 413 g/mol. The number of thiocarbonyl (C=S) groups is 1. The molecule has 0 amide bonds. The van der Waals surface area contributed by atoms with Gasteiger partial charge in [-0.15, -0.1) is 5.10 Å². The molecule has 26 heavy (non-hydrogen) atoms. The van der Waals surface area contributed by atoms with Crippen LogP contribution < -0.4 is 10.6 Å². The van der Waals surface area contributed by atoms with E-state index in [2.05, 4.69) is 20.7 Å². The first-order chi connectivity index (χ1) is 12.4. The summed E-state index contributed by atoms with van der Waals surface area (Å²) in [4.78, 5) is 4.07. The summed E-state index contributed by atoms with van der Waals surface area (Å²) in [5, 5.41) is 10.6. The molecule has 3 aromatic rings. The SMILES string of the molecule is Fc1ccc(NC(=S)Nc2ncn(Cc3ccc(Cl)c(Cl)c3)n2)c(F)c1. The molecule has 0 bridgehead atoms. The van der Waals surface area contributed by atoms with E-state index in [1.165, 1.54) is 12.4 Å². The maximum atomic E-state index is 13.6. The molecule has 1 heterocycles. The first-order valence-corrected chi connectivity index (χ1v) is 8.43. The topological polar surface area (TPSA) is 54.8 Å². The van der Waals surface area contributed by atoms with Gasteiger partial charge in [-0.2, -0.15) is 0 Å². The number of halogens is 4. The van der Waals surface area contributed by atoms with Gasteiger partial charge in [0.1, 0.15) is 18.0 Å². The number of nitrogens with zero attached hydrogens (tertiary/aromatic N) is 3. The summed E-state index contributed by atoms with van der Waals surface area (Å²) < 4.78 is 28.1. The minimum Gasteiger partial charge on any atom is -0.330 e. The highest BCUT2D eigenvalue weighted by atomic mass is 35.5. The van der Waals surface area contributed by atoms with Crippen LogP contribution in [0.25, 0.3) is 0 Å². The normalized spacial score (nSPS) is 10.6. The second-order valence-corrected chi connectivity index (χ2v) is 6.44. The quantitative estimate of drug-likeness (QED) is 0.606. The van der Waals surface area contributed by atoms with Crippen LogP contribution in [-0.4, -0.2) is 19.9 Å². The fraction of sp³-hybridized carbons (Fsp3) is 0.0625. The summed E-state index contributed by atoms with van der Waals surface area (Å²) in [6.07, 6.45) is 1.51. The first-order valence-electron chi connectivity index (χ1n) is 7.27. The Kier molecular flexibility index (Phi) is 5.65. The molecule has 0 aliphatic rings. The maximum absolute atomic E-state index is 13.6.